The van der Waals surface area contributed by atoms with E-state index in [0.29, 0.717) is 33.8 Å². The average Bonchev–Trinajstić information content (AvgIpc) is 3.14. The molecule has 0 bridgehead atoms. The van der Waals surface area contributed by atoms with Crippen LogP contribution in [-0.4, -0.2) is 19.4 Å². The lowest BCUT2D eigenvalue weighted by molar-refractivity contribution is -0.137. The van der Waals surface area contributed by atoms with Gasteiger partial charge in [-0.1, -0.05) is 23.7 Å². The summed E-state index contributed by atoms with van der Waals surface area (Å²) >= 11 is 6.32. The number of nitrogens with one attached hydrogen (secondary N) is 2. The Balaban J connectivity index is 1.81. The lowest BCUT2D eigenvalue weighted by Gasteiger charge is -2.12. The van der Waals surface area contributed by atoms with Crippen LogP contribution in [0.3, 0.4) is 0 Å². The lowest BCUT2D eigenvalue weighted by Crippen LogP contribution is -2.13. The van der Waals surface area contributed by atoms with Gasteiger partial charge in [0.2, 0.25) is 0 Å². The second-order valence-electron chi connectivity index (χ2n) is 7.85. The number of nitrogens with zero attached hydrogens (tertiary/aromatic N) is 1. The number of aryl methyl sites for hydroxylation is 1. The van der Waals surface area contributed by atoms with Crippen LogP contribution in [0.1, 0.15) is 16.7 Å². The Morgan fingerprint density at radius 2 is 1.71 bits per heavy atom. The lowest BCUT2D eigenvalue weighted by atomic mass is 10.1. The Bertz CT molecular complexity index is 1460. The minimum Gasteiger partial charge on any atom is -0.354 e. The molecule has 0 saturated heterocycles. The largest absolute Gasteiger partial charge is 0.416 e. The molecule has 1 heterocycles. The quantitative estimate of drug-likeness (QED) is 0.320. The third kappa shape index (κ3) is 4.64. The number of fused-ring (bicyclic) bond motifs is 1. The SMILES string of the molecule is CNCc1cn(S(=O)(=O)c2ccc(C(F)(F)F)cc2)c2cc(Nc3ccc(C)cc3Cl)ccc12. The maximum absolute atomic E-state index is 13.4. The Kier molecular flexibility index (Phi) is 6.37. The van der Waals surface area contributed by atoms with Crippen molar-refractivity contribution in [2.75, 3.05) is 12.4 Å². The summed E-state index contributed by atoms with van der Waals surface area (Å²) in [7, 11) is -2.42. The molecule has 0 amide bonds. The van der Waals surface area contributed by atoms with Crippen molar-refractivity contribution in [1.82, 2.24) is 9.29 Å². The van der Waals surface area contributed by atoms with Gasteiger partial charge in [0.25, 0.3) is 10.0 Å². The average molecular weight is 508 g/mol. The monoisotopic (exact) mass is 507 g/mol. The van der Waals surface area contributed by atoms with Gasteiger partial charge in [-0.25, -0.2) is 12.4 Å². The van der Waals surface area contributed by atoms with Crippen molar-refractivity contribution in [2.45, 2.75) is 24.5 Å². The van der Waals surface area contributed by atoms with Crippen molar-refractivity contribution in [2.24, 2.45) is 0 Å². The van der Waals surface area contributed by atoms with Crippen molar-refractivity contribution >= 4 is 43.9 Å². The molecule has 3 aromatic carbocycles. The number of rotatable bonds is 6. The minimum atomic E-state index is -4.56. The zero-order valence-electron chi connectivity index (χ0n) is 18.2. The predicted octanol–water partition coefficient (Wildman–Crippen LogP) is 6.32. The molecule has 0 saturated carbocycles. The van der Waals surface area contributed by atoms with Crippen molar-refractivity contribution in [3.8, 4) is 0 Å². The second kappa shape index (κ2) is 8.98. The van der Waals surface area contributed by atoms with Gasteiger partial charge < -0.3 is 10.6 Å². The normalized spacial score (nSPS) is 12.3. The third-order valence-corrected chi connectivity index (χ3v) is 7.36. The van der Waals surface area contributed by atoms with Crippen LogP contribution in [0.5, 0.6) is 0 Å². The van der Waals surface area contributed by atoms with Crippen LogP contribution in [0, 0.1) is 6.92 Å². The van der Waals surface area contributed by atoms with Gasteiger partial charge >= 0.3 is 6.18 Å². The van der Waals surface area contributed by atoms with E-state index in [-0.39, 0.29) is 4.90 Å². The van der Waals surface area contributed by atoms with Crippen LogP contribution in [0.25, 0.3) is 10.9 Å². The number of hydrogen-bond donors (Lipinski definition) is 2. The highest BCUT2D eigenvalue weighted by molar-refractivity contribution is 7.90. The van der Waals surface area contributed by atoms with Crippen LogP contribution < -0.4 is 10.6 Å². The van der Waals surface area contributed by atoms with E-state index in [2.05, 4.69) is 10.6 Å². The molecule has 0 atom stereocenters. The van der Waals surface area contributed by atoms with Gasteiger partial charge in [-0.2, -0.15) is 13.2 Å². The fraction of sp³-hybridized carbons (Fsp3) is 0.167. The van der Waals surface area contributed by atoms with E-state index in [1.807, 2.05) is 31.2 Å². The molecule has 2 N–H and O–H groups in total. The standard InChI is InChI=1S/C24H21ClF3N3O2S/c1-15-3-10-22(21(25)11-15)30-18-6-9-20-16(13-29-2)14-31(23(20)12-18)34(32,33)19-7-4-17(5-8-19)24(26,27)28/h3-12,14,29-30H,13H2,1-2H3. The molecule has 178 valence electrons. The van der Waals surface area contributed by atoms with E-state index in [0.717, 1.165) is 39.4 Å². The van der Waals surface area contributed by atoms with Crippen LogP contribution in [0.4, 0.5) is 24.5 Å². The van der Waals surface area contributed by atoms with E-state index >= 15 is 0 Å². The maximum atomic E-state index is 13.4. The molecule has 4 aromatic rings. The van der Waals surface area contributed by atoms with Gasteiger partial charge in [-0.05, 0) is 73.6 Å². The highest BCUT2D eigenvalue weighted by Crippen LogP contribution is 2.33. The number of anilines is 2. The third-order valence-electron chi connectivity index (χ3n) is 5.36. The van der Waals surface area contributed by atoms with Gasteiger partial charge in [-0.15, -0.1) is 0 Å². The van der Waals surface area contributed by atoms with Crippen LogP contribution in [0.15, 0.2) is 71.8 Å². The summed E-state index contributed by atoms with van der Waals surface area (Å²) < 4.78 is 66.7. The number of halogens is 4. The molecule has 0 radical (unpaired) electrons. The zero-order valence-corrected chi connectivity index (χ0v) is 19.8. The van der Waals surface area contributed by atoms with Gasteiger partial charge in [0.1, 0.15) is 0 Å². The van der Waals surface area contributed by atoms with Crippen LogP contribution >= 0.6 is 11.6 Å². The summed E-state index contributed by atoms with van der Waals surface area (Å²) in [5, 5.41) is 7.42. The van der Waals surface area contributed by atoms with E-state index < -0.39 is 21.8 Å². The van der Waals surface area contributed by atoms with Crippen molar-refractivity contribution in [1.29, 1.82) is 0 Å². The van der Waals surface area contributed by atoms with Crippen molar-refractivity contribution in [3.63, 3.8) is 0 Å². The molecule has 34 heavy (non-hydrogen) atoms. The van der Waals surface area contributed by atoms with Gasteiger partial charge in [0, 0.05) is 23.8 Å². The molecule has 0 fully saturated rings. The number of aromatic nitrogens is 1. The Morgan fingerprint density at radius 3 is 2.32 bits per heavy atom. The smallest absolute Gasteiger partial charge is 0.354 e. The fourth-order valence-corrected chi connectivity index (χ4v) is 5.35. The van der Waals surface area contributed by atoms with Gasteiger partial charge in [0.15, 0.2) is 0 Å². The topological polar surface area (TPSA) is 63.1 Å². The van der Waals surface area contributed by atoms with E-state index in [9.17, 15) is 21.6 Å². The Morgan fingerprint density at radius 1 is 1.00 bits per heavy atom. The van der Waals surface area contributed by atoms with Crippen LogP contribution in [0.2, 0.25) is 5.02 Å². The number of benzene rings is 3. The highest BCUT2D eigenvalue weighted by Gasteiger charge is 2.31. The molecule has 0 unspecified atom stereocenters. The molecular weight excluding hydrogens is 487 g/mol. The summed E-state index contributed by atoms with van der Waals surface area (Å²) in [6, 6.07) is 14.3. The number of alkyl halides is 3. The predicted molar refractivity (Wildman–Crippen MR) is 128 cm³/mol. The molecule has 4 rings (SSSR count). The summed E-state index contributed by atoms with van der Waals surface area (Å²) in [5.41, 5.74) is 2.47. The first kappa shape index (κ1) is 24.1. The minimum absolute atomic E-state index is 0.242. The molecule has 0 spiro atoms. The summed E-state index contributed by atoms with van der Waals surface area (Å²) in [4.78, 5) is -0.242. The zero-order chi connectivity index (χ0) is 24.7. The Hall–Kier alpha value is -3.01. The van der Waals surface area contributed by atoms with E-state index in [1.165, 1.54) is 6.20 Å². The highest BCUT2D eigenvalue weighted by atomic mass is 35.5. The first-order chi connectivity index (χ1) is 16.0. The molecule has 0 aliphatic heterocycles. The van der Waals surface area contributed by atoms with Crippen LogP contribution in [-0.2, 0) is 22.7 Å². The first-order valence-corrected chi connectivity index (χ1v) is 12.1. The summed E-state index contributed by atoms with van der Waals surface area (Å²) in [6.07, 6.45) is -3.07. The molecule has 10 heteroatoms. The molecule has 5 nitrogen and oxygen atoms in total. The van der Waals surface area contributed by atoms with Gasteiger partial charge in [-0.3, -0.25) is 0 Å². The number of hydrogen-bond acceptors (Lipinski definition) is 4. The van der Waals surface area contributed by atoms with Crippen molar-refractivity contribution in [3.05, 3.63) is 88.6 Å². The summed E-state index contributed by atoms with van der Waals surface area (Å²) in [6.45, 7) is 2.33. The molecule has 1 aromatic heterocycles. The van der Waals surface area contributed by atoms with Gasteiger partial charge in [0.05, 0.1) is 26.7 Å². The molecule has 0 aliphatic rings. The molecule has 0 aliphatic carbocycles. The van der Waals surface area contributed by atoms with E-state index in [4.69, 9.17) is 11.6 Å². The van der Waals surface area contributed by atoms with E-state index in [1.54, 1.807) is 19.2 Å². The fourth-order valence-electron chi connectivity index (χ4n) is 3.68. The molecular formula is C24H21ClF3N3O2S. The first-order valence-electron chi connectivity index (χ1n) is 10.3. The Labute approximate surface area is 200 Å². The maximum Gasteiger partial charge on any atom is 0.416 e. The summed E-state index contributed by atoms with van der Waals surface area (Å²) in [5.74, 6) is 0. The van der Waals surface area contributed by atoms with Crippen molar-refractivity contribution < 1.29 is 21.6 Å². The second-order valence-corrected chi connectivity index (χ2v) is 10.1.